The fraction of sp³-hybridized carbons (Fsp3) is 0.588. The highest BCUT2D eigenvalue weighted by molar-refractivity contribution is 7.89. The molecule has 1 amide bonds. The number of nitrogens with one attached hydrogen (secondary N) is 1. The number of carbonyl (C=O) groups is 1. The molecule has 8 heteroatoms. The van der Waals surface area contributed by atoms with Gasteiger partial charge in [-0.05, 0) is 49.9 Å². The Kier molecular flexibility index (Phi) is 7.87. The molecule has 1 aromatic rings. The predicted octanol–water partition coefficient (Wildman–Crippen LogP) is 1.91. The van der Waals surface area contributed by atoms with Crippen LogP contribution < -0.4 is 11.1 Å². The molecule has 0 aliphatic heterocycles. The van der Waals surface area contributed by atoms with Gasteiger partial charge in [-0.3, -0.25) is 4.79 Å². The third-order valence-electron chi connectivity index (χ3n) is 4.79. The van der Waals surface area contributed by atoms with E-state index in [1.54, 1.807) is 18.2 Å². The second-order valence-corrected chi connectivity index (χ2v) is 8.78. The first-order chi connectivity index (χ1) is 11.3. The van der Waals surface area contributed by atoms with E-state index in [0.29, 0.717) is 6.54 Å². The maximum Gasteiger partial charge on any atom is 0.242 e. The highest BCUT2D eigenvalue weighted by Crippen LogP contribution is 2.31. The van der Waals surface area contributed by atoms with Crippen LogP contribution in [0.4, 0.5) is 0 Å². The van der Waals surface area contributed by atoms with Gasteiger partial charge in [0.25, 0.3) is 0 Å². The lowest BCUT2D eigenvalue weighted by atomic mass is 9.94. The van der Waals surface area contributed by atoms with Crippen LogP contribution in [0.2, 0.25) is 0 Å². The standard InChI is InChI=1S/C17H27N3O3S.ClH/c1-12(19-17(21)16-9-5-7-14(16)11-18)13-6-4-8-15(10-13)24(22,23)20(2)3;/h4,6,8,10,12,14,16H,5,7,9,11,18H2,1-3H3,(H,19,21);1H/t12?,14-,16-;/m1./s1. The van der Waals surface area contributed by atoms with E-state index >= 15 is 0 Å². The van der Waals surface area contributed by atoms with Gasteiger partial charge in [-0.25, -0.2) is 12.7 Å². The molecule has 3 atom stereocenters. The summed E-state index contributed by atoms with van der Waals surface area (Å²) in [5, 5.41) is 3.01. The lowest BCUT2D eigenvalue weighted by molar-refractivity contribution is -0.126. The second kappa shape index (κ2) is 8.98. The molecule has 2 rings (SSSR count). The van der Waals surface area contributed by atoms with Gasteiger partial charge in [-0.2, -0.15) is 0 Å². The molecule has 25 heavy (non-hydrogen) atoms. The van der Waals surface area contributed by atoms with E-state index in [0.717, 1.165) is 24.8 Å². The Morgan fingerprint density at radius 3 is 2.64 bits per heavy atom. The molecule has 0 bridgehead atoms. The number of nitrogens with zero attached hydrogens (tertiary/aromatic N) is 1. The number of amides is 1. The molecule has 1 unspecified atom stereocenters. The van der Waals surface area contributed by atoms with Crippen LogP contribution in [0.5, 0.6) is 0 Å². The molecule has 0 saturated heterocycles. The van der Waals surface area contributed by atoms with Crippen molar-refractivity contribution in [3.63, 3.8) is 0 Å². The predicted molar refractivity (Wildman–Crippen MR) is 101 cm³/mol. The van der Waals surface area contributed by atoms with E-state index in [1.807, 2.05) is 13.0 Å². The first kappa shape index (κ1) is 21.9. The fourth-order valence-electron chi connectivity index (χ4n) is 3.22. The van der Waals surface area contributed by atoms with Gasteiger partial charge in [-0.1, -0.05) is 18.6 Å². The Labute approximate surface area is 156 Å². The smallest absolute Gasteiger partial charge is 0.242 e. The monoisotopic (exact) mass is 389 g/mol. The first-order valence-electron chi connectivity index (χ1n) is 8.30. The number of rotatable bonds is 6. The van der Waals surface area contributed by atoms with E-state index in [2.05, 4.69) is 5.32 Å². The summed E-state index contributed by atoms with van der Waals surface area (Å²) < 4.78 is 25.7. The number of carbonyl (C=O) groups excluding carboxylic acids is 1. The normalized spacial score (nSPS) is 21.6. The number of halogens is 1. The van der Waals surface area contributed by atoms with Gasteiger partial charge in [0, 0.05) is 20.0 Å². The number of sulfonamides is 1. The second-order valence-electron chi connectivity index (χ2n) is 6.62. The van der Waals surface area contributed by atoms with Crippen LogP contribution in [-0.2, 0) is 14.8 Å². The minimum Gasteiger partial charge on any atom is -0.349 e. The van der Waals surface area contributed by atoms with E-state index in [1.165, 1.54) is 18.4 Å². The number of benzene rings is 1. The van der Waals surface area contributed by atoms with Gasteiger partial charge >= 0.3 is 0 Å². The Bertz CT molecular complexity index is 694. The van der Waals surface area contributed by atoms with Crippen molar-refractivity contribution in [1.82, 2.24) is 9.62 Å². The molecule has 1 saturated carbocycles. The molecule has 0 aromatic heterocycles. The molecule has 1 aliphatic rings. The fourth-order valence-corrected chi connectivity index (χ4v) is 4.18. The van der Waals surface area contributed by atoms with Crippen molar-refractivity contribution in [2.75, 3.05) is 20.6 Å². The third kappa shape index (κ3) is 4.94. The molecule has 0 radical (unpaired) electrons. The van der Waals surface area contributed by atoms with Crippen LogP contribution in [0.1, 0.15) is 37.8 Å². The zero-order valence-electron chi connectivity index (χ0n) is 14.9. The topological polar surface area (TPSA) is 92.5 Å². The van der Waals surface area contributed by atoms with Crippen LogP contribution in [-0.4, -0.2) is 39.3 Å². The molecule has 1 aliphatic carbocycles. The van der Waals surface area contributed by atoms with Crippen LogP contribution in [0.15, 0.2) is 29.2 Å². The summed E-state index contributed by atoms with van der Waals surface area (Å²) in [4.78, 5) is 12.7. The van der Waals surface area contributed by atoms with Crippen molar-refractivity contribution in [2.45, 2.75) is 37.1 Å². The summed E-state index contributed by atoms with van der Waals surface area (Å²) in [7, 11) is -0.485. The molecule has 3 N–H and O–H groups in total. The average Bonchev–Trinajstić information content (AvgIpc) is 3.03. The minimum absolute atomic E-state index is 0. The summed E-state index contributed by atoms with van der Waals surface area (Å²) in [6.07, 6.45) is 2.90. The van der Waals surface area contributed by atoms with Crippen molar-refractivity contribution in [1.29, 1.82) is 0 Å². The van der Waals surface area contributed by atoms with E-state index in [-0.39, 0.29) is 41.1 Å². The van der Waals surface area contributed by atoms with Gasteiger partial charge < -0.3 is 11.1 Å². The number of hydrogen-bond acceptors (Lipinski definition) is 4. The summed E-state index contributed by atoms with van der Waals surface area (Å²) in [5.74, 6) is 0.222. The molecule has 0 spiro atoms. The maximum atomic E-state index is 12.5. The maximum absolute atomic E-state index is 12.5. The quantitative estimate of drug-likeness (QED) is 0.777. The summed E-state index contributed by atoms with van der Waals surface area (Å²) in [6.45, 7) is 2.40. The van der Waals surface area contributed by atoms with Crippen LogP contribution >= 0.6 is 12.4 Å². The van der Waals surface area contributed by atoms with Crippen LogP contribution in [0.25, 0.3) is 0 Å². The van der Waals surface area contributed by atoms with Crippen LogP contribution in [0.3, 0.4) is 0 Å². The van der Waals surface area contributed by atoms with Crippen molar-refractivity contribution in [3.8, 4) is 0 Å². The zero-order chi connectivity index (χ0) is 17.9. The van der Waals surface area contributed by atoms with Gasteiger partial charge in [-0.15, -0.1) is 12.4 Å². The SMILES string of the molecule is CC(NC(=O)[C@@H]1CCC[C@@H]1CN)c1cccc(S(=O)(=O)N(C)C)c1.Cl. The molecular formula is C17H28ClN3O3S. The molecular weight excluding hydrogens is 362 g/mol. The molecule has 6 nitrogen and oxygen atoms in total. The summed E-state index contributed by atoms with van der Waals surface area (Å²) in [5.41, 5.74) is 6.52. The Morgan fingerprint density at radius 1 is 1.36 bits per heavy atom. The van der Waals surface area contributed by atoms with Crippen molar-refractivity contribution in [2.24, 2.45) is 17.6 Å². The van der Waals surface area contributed by atoms with E-state index in [9.17, 15) is 13.2 Å². The van der Waals surface area contributed by atoms with Gasteiger partial charge in [0.1, 0.15) is 0 Å². The van der Waals surface area contributed by atoms with E-state index in [4.69, 9.17) is 5.73 Å². The lowest BCUT2D eigenvalue weighted by Crippen LogP contribution is -2.36. The van der Waals surface area contributed by atoms with Gasteiger partial charge in [0.05, 0.1) is 10.9 Å². The van der Waals surface area contributed by atoms with Gasteiger partial charge in [0.15, 0.2) is 0 Å². The average molecular weight is 390 g/mol. The van der Waals surface area contributed by atoms with Crippen molar-refractivity contribution >= 4 is 28.3 Å². The number of nitrogens with two attached hydrogens (primary N) is 1. The van der Waals surface area contributed by atoms with Crippen molar-refractivity contribution < 1.29 is 13.2 Å². The highest BCUT2D eigenvalue weighted by atomic mass is 35.5. The first-order valence-corrected chi connectivity index (χ1v) is 9.74. The number of hydrogen-bond donors (Lipinski definition) is 2. The summed E-state index contributed by atoms with van der Waals surface area (Å²) >= 11 is 0. The third-order valence-corrected chi connectivity index (χ3v) is 6.61. The Morgan fingerprint density at radius 2 is 2.04 bits per heavy atom. The van der Waals surface area contributed by atoms with Crippen LogP contribution in [0, 0.1) is 11.8 Å². The van der Waals surface area contributed by atoms with E-state index < -0.39 is 10.0 Å². The molecule has 0 heterocycles. The minimum atomic E-state index is -3.49. The summed E-state index contributed by atoms with van der Waals surface area (Å²) in [6, 6.07) is 6.46. The van der Waals surface area contributed by atoms with Gasteiger partial charge in [0.2, 0.25) is 15.9 Å². The molecule has 142 valence electrons. The Hall–Kier alpha value is -1.15. The lowest BCUT2D eigenvalue weighted by Gasteiger charge is -2.21. The zero-order valence-corrected chi connectivity index (χ0v) is 16.6. The Balaban J connectivity index is 0.00000312. The highest BCUT2D eigenvalue weighted by Gasteiger charge is 2.32. The van der Waals surface area contributed by atoms with Crippen molar-refractivity contribution in [3.05, 3.63) is 29.8 Å². The largest absolute Gasteiger partial charge is 0.349 e. The molecule has 1 fully saturated rings. The molecule has 1 aromatic carbocycles.